The van der Waals surface area contributed by atoms with Gasteiger partial charge in [-0.15, -0.1) is 0 Å². The summed E-state index contributed by atoms with van der Waals surface area (Å²) < 4.78 is 0. The van der Waals surface area contributed by atoms with Gasteiger partial charge in [-0.05, 0) is 63.2 Å². The van der Waals surface area contributed by atoms with Crippen molar-refractivity contribution < 1.29 is 15.0 Å². The van der Waals surface area contributed by atoms with Crippen LogP contribution in [0.4, 0.5) is 0 Å². The van der Waals surface area contributed by atoms with Gasteiger partial charge in [0.15, 0.2) is 0 Å². The van der Waals surface area contributed by atoms with Crippen LogP contribution in [0, 0.1) is 17.8 Å². The van der Waals surface area contributed by atoms with Gasteiger partial charge < -0.3 is 15.1 Å². The maximum absolute atomic E-state index is 12.6. The lowest BCUT2D eigenvalue weighted by molar-refractivity contribution is -0.131. The highest BCUT2D eigenvalue weighted by Crippen LogP contribution is 2.50. The molecule has 0 aromatic rings. The van der Waals surface area contributed by atoms with E-state index < -0.39 is 0 Å². The van der Waals surface area contributed by atoms with E-state index in [1.54, 1.807) is 0 Å². The molecule has 0 aromatic carbocycles. The molecule has 0 radical (unpaired) electrons. The van der Waals surface area contributed by atoms with E-state index in [1.165, 1.54) is 12.0 Å². The Hall–Kier alpha value is -1.13. The fourth-order valence-corrected chi connectivity index (χ4v) is 5.67. The van der Waals surface area contributed by atoms with Crippen LogP contribution in [0.2, 0.25) is 0 Å². The summed E-state index contributed by atoms with van der Waals surface area (Å²) in [5, 5.41) is 20.8. The molecule has 0 saturated heterocycles. The smallest absolute Gasteiger partial charge is 0.222 e. The van der Waals surface area contributed by atoms with Crippen molar-refractivity contribution in [2.45, 2.75) is 123 Å². The molecule has 0 aromatic heterocycles. The molecule has 4 nitrogen and oxygen atoms in total. The van der Waals surface area contributed by atoms with Crippen LogP contribution in [-0.2, 0) is 4.79 Å². The molecule has 2 saturated carbocycles. The molecule has 5 atom stereocenters. The van der Waals surface area contributed by atoms with Crippen molar-refractivity contribution in [3.63, 3.8) is 0 Å². The summed E-state index contributed by atoms with van der Waals surface area (Å²) in [6, 6.07) is 0. The number of fused-ring (bicyclic) bond motifs is 1. The monoisotopic (exact) mass is 461 g/mol. The lowest BCUT2D eigenvalue weighted by atomic mass is 9.90. The zero-order valence-electron chi connectivity index (χ0n) is 21.7. The summed E-state index contributed by atoms with van der Waals surface area (Å²) in [7, 11) is 0. The van der Waals surface area contributed by atoms with E-state index in [0.717, 1.165) is 90.1 Å². The summed E-state index contributed by atoms with van der Waals surface area (Å²) in [6.07, 6.45) is 20.0. The number of carbonyl (C=O) groups is 1. The van der Waals surface area contributed by atoms with Crippen molar-refractivity contribution in [3.8, 4) is 0 Å². The van der Waals surface area contributed by atoms with Gasteiger partial charge in [-0.2, -0.15) is 0 Å². The molecule has 190 valence electrons. The minimum absolute atomic E-state index is 0.175. The molecule has 0 aliphatic heterocycles. The Kier molecular flexibility index (Phi) is 13.4. The number of hydrogen-bond acceptors (Lipinski definition) is 3. The van der Waals surface area contributed by atoms with Gasteiger partial charge in [0.25, 0.3) is 0 Å². The van der Waals surface area contributed by atoms with Gasteiger partial charge in [0.1, 0.15) is 0 Å². The second-order valence-corrected chi connectivity index (χ2v) is 10.5. The fourth-order valence-electron chi connectivity index (χ4n) is 5.67. The van der Waals surface area contributed by atoms with Gasteiger partial charge in [-0.1, -0.05) is 76.7 Å². The Morgan fingerprint density at radius 2 is 1.73 bits per heavy atom. The van der Waals surface area contributed by atoms with Crippen LogP contribution in [0.5, 0.6) is 0 Å². The standard InChI is InChI=1S/C29H51NO3/c1-4-7-10-14-25(31)16-17-26-27-21-23(20-24(27)22-28(26)32)13-11-12-15-29(33)30(18-8-5-2)19-9-6-3/h13,16-17,24-28,31-32H,4-12,14-15,18-22H2,1-3H3/t24-,25-,26+,27-,28+/m0/s1. The molecule has 2 aliphatic rings. The fraction of sp³-hybridized carbons (Fsp3) is 0.828. The van der Waals surface area contributed by atoms with Gasteiger partial charge in [0.05, 0.1) is 12.2 Å². The average Bonchev–Trinajstić information content (AvgIpc) is 3.31. The van der Waals surface area contributed by atoms with Crippen LogP contribution >= 0.6 is 0 Å². The number of aliphatic hydroxyl groups is 2. The Labute approximate surface area is 203 Å². The Bertz CT molecular complexity index is 606. The van der Waals surface area contributed by atoms with Gasteiger partial charge in [-0.3, -0.25) is 4.79 Å². The van der Waals surface area contributed by atoms with Crippen LogP contribution in [-0.4, -0.2) is 46.3 Å². The second kappa shape index (κ2) is 15.7. The minimum atomic E-state index is -0.383. The molecule has 2 fully saturated rings. The Morgan fingerprint density at radius 1 is 1.03 bits per heavy atom. The second-order valence-electron chi connectivity index (χ2n) is 10.5. The first-order valence-corrected chi connectivity index (χ1v) is 14.0. The Balaban J connectivity index is 1.77. The van der Waals surface area contributed by atoms with Crippen molar-refractivity contribution in [1.29, 1.82) is 0 Å². The third-order valence-electron chi connectivity index (χ3n) is 7.71. The lowest BCUT2D eigenvalue weighted by Crippen LogP contribution is -2.32. The summed E-state index contributed by atoms with van der Waals surface area (Å²) in [6.45, 7) is 8.35. The van der Waals surface area contributed by atoms with E-state index >= 15 is 0 Å². The van der Waals surface area contributed by atoms with Crippen molar-refractivity contribution in [2.75, 3.05) is 13.1 Å². The van der Waals surface area contributed by atoms with Crippen molar-refractivity contribution in [1.82, 2.24) is 4.90 Å². The highest BCUT2D eigenvalue weighted by Gasteiger charge is 2.44. The van der Waals surface area contributed by atoms with Crippen LogP contribution in [0.25, 0.3) is 0 Å². The summed E-state index contributed by atoms with van der Waals surface area (Å²) in [4.78, 5) is 14.7. The molecule has 0 spiro atoms. The first-order chi connectivity index (χ1) is 16.0. The van der Waals surface area contributed by atoms with Crippen LogP contribution in [0.3, 0.4) is 0 Å². The molecule has 2 N–H and O–H groups in total. The first kappa shape index (κ1) is 28.1. The zero-order chi connectivity index (χ0) is 24.1. The SMILES string of the molecule is CCCCC[C@H](O)C=C[C@@H]1[C@H]2CC(=CCCCC(=O)N(CCCC)CCCC)C[C@H]2C[C@H]1O. The highest BCUT2D eigenvalue weighted by atomic mass is 16.3. The van der Waals surface area contributed by atoms with Crippen LogP contribution < -0.4 is 0 Å². The van der Waals surface area contributed by atoms with E-state index in [0.29, 0.717) is 24.2 Å². The van der Waals surface area contributed by atoms with E-state index in [1.807, 2.05) is 6.08 Å². The third kappa shape index (κ3) is 9.56. The largest absolute Gasteiger partial charge is 0.392 e. The van der Waals surface area contributed by atoms with Crippen molar-refractivity contribution in [3.05, 3.63) is 23.8 Å². The Morgan fingerprint density at radius 3 is 2.39 bits per heavy atom. The van der Waals surface area contributed by atoms with Gasteiger partial charge in [0.2, 0.25) is 5.91 Å². The summed E-state index contributed by atoms with van der Waals surface area (Å²) >= 11 is 0. The molecule has 1 amide bonds. The van der Waals surface area contributed by atoms with E-state index in [2.05, 4.69) is 37.8 Å². The quantitative estimate of drug-likeness (QED) is 0.206. The van der Waals surface area contributed by atoms with Crippen molar-refractivity contribution in [2.24, 2.45) is 17.8 Å². The average molecular weight is 462 g/mol. The normalized spacial score (nSPS) is 26.9. The number of hydrogen-bond donors (Lipinski definition) is 2. The molecular formula is C29H51NO3. The number of unbranched alkanes of at least 4 members (excludes halogenated alkanes) is 5. The molecular weight excluding hydrogens is 410 g/mol. The third-order valence-corrected chi connectivity index (χ3v) is 7.71. The molecule has 2 aliphatic carbocycles. The molecule has 2 rings (SSSR count). The first-order valence-electron chi connectivity index (χ1n) is 14.0. The predicted octanol–water partition coefficient (Wildman–Crippen LogP) is 6.42. The molecule has 0 unspecified atom stereocenters. The number of aliphatic hydroxyl groups excluding tert-OH is 2. The van der Waals surface area contributed by atoms with E-state index in [-0.39, 0.29) is 18.1 Å². The number of nitrogens with zero attached hydrogens (tertiary/aromatic N) is 1. The lowest BCUT2D eigenvalue weighted by Gasteiger charge is -2.22. The molecule has 33 heavy (non-hydrogen) atoms. The predicted molar refractivity (Wildman–Crippen MR) is 138 cm³/mol. The zero-order valence-corrected chi connectivity index (χ0v) is 21.7. The summed E-state index contributed by atoms with van der Waals surface area (Å²) in [5.74, 6) is 1.57. The minimum Gasteiger partial charge on any atom is -0.392 e. The van der Waals surface area contributed by atoms with E-state index in [4.69, 9.17) is 0 Å². The molecule has 0 bridgehead atoms. The maximum Gasteiger partial charge on any atom is 0.222 e. The number of amides is 1. The van der Waals surface area contributed by atoms with Gasteiger partial charge in [0, 0.05) is 25.4 Å². The van der Waals surface area contributed by atoms with Crippen molar-refractivity contribution >= 4 is 5.91 Å². The van der Waals surface area contributed by atoms with Crippen LogP contribution in [0.15, 0.2) is 23.8 Å². The van der Waals surface area contributed by atoms with Gasteiger partial charge in [-0.25, -0.2) is 0 Å². The number of allylic oxidation sites excluding steroid dienone is 2. The molecule has 4 heteroatoms. The topological polar surface area (TPSA) is 60.8 Å². The van der Waals surface area contributed by atoms with E-state index in [9.17, 15) is 15.0 Å². The summed E-state index contributed by atoms with van der Waals surface area (Å²) in [5.41, 5.74) is 1.51. The molecule has 0 heterocycles. The van der Waals surface area contributed by atoms with Gasteiger partial charge >= 0.3 is 0 Å². The van der Waals surface area contributed by atoms with Crippen LogP contribution in [0.1, 0.15) is 111 Å². The maximum atomic E-state index is 12.6. The highest BCUT2D eigenvalue weighted by molar-refractivity contribution is 5.76. The number of rotatable bonds is 16. The number of carbonyl (C=O) groups excluding carboxylic acids is 1.